The van der Waals surface area contributed by atoms with E-state index in [0.717, 1.165) is 16.8 Å². The minimum atomic E-state index is 0.372. The number of thiocarbonyl (C=S) groups is 1. The summed E-state index contributed by atoms with van der Waals surface area (Å²) in [6.45, 7) is 4.48. The van der Waals surface area contributed by atoms with Gasteiger partial charge < -0.3 is 15.2 Å². The normalized spacial score (nSPS) is 10.4. The SMILES string of the molecule is Cc1ccc(NC(=S)NCc2nc(-c3ccccc3)no2)c(C)c1. The molecule has 0 radical (unpaired) electrons. The molecule has 2 aromatic carbocycles. The van der Waals surface area contributed by atoms with Gasteiger partial charge in [0, 0.05) is 11.3 Å². The lowest BCUT2D eigenvalue weighted by molar-refractivity contribution is 0.376. The molecule has 6 heteroatoms. The van der Waals surface area contributed by atoms with Crippen LogP contribution in [-0.4, -0.2) is 15.3 Å². The van der Waals surface area contributed by atoms with Crippen molar-refractivity contribution in [3.63, 3.8) is 0 Å². The molecule has 3 rings (SSSR count). The lowest BCUT2D eigenvalue weighted by Crippen LogP contribution is -2.28. The van der Waals surface area contributed by atoms with Crippen LogP contribution in [0.4, 0.5) is 5.69 Å². The van der Waals surface area contributed by atoms with Gasteiger partial charge in [0.2, 0.25) is 11.7 Å². The first-order valence-electron chi connectivity index (χ1n) is 7.62. The van der Waals surface area contributed by atoms with Crippen LogP contribution in [0.25, 0.3) is 11.4 Å². The number of anilines is 1. The molecule has 1 heterocycles. The molecule has 24 heavy (non-hydrogen) atoms. The van der Waals surface area contributed by atoms with Crippen molar-refractivity contribution < 1.29 is 4.52 Å². The van der Waals surface area contributed by atoms with Gasteiger partial charge in [-0.15, -0.1) is 0 Å². The number of nitrogens with one attached hydrogen (secondary N) is 2. The van der Waals surface area contributed by atoms with E-state index < -0.39 is 0 Å². The highest BCUT2D eigenvalue weighted by Gasteiger charge is 2.09. The van der Waals surface area contributed by atoms with E-state index in [2.05, 4.69) is 33.8 Å². The number of hydrogen-bond acceptors (Lipinski definition) is 4. The third-order valence-electron chi connectivity index (χ3n) is 3.53. The maximum Gasteiger partial charge on any atom is 0.246 e. The Morgan fingerprint density at radius 2 is 1.92 bits per heavy atom. The summed E-state index contributed by atoms with van der Waals surface area (Å²) in [5.41, 5.74) is 4.26. The molecule has 0 bridgehead atoms. The molecular formula is C18H18N4OS. The Morgan fingerprint density at radius 3 is 2.67 bits per heavy atom. The minimum Gasteiger partial charge on any atom is -0.353 e. The van der Waals surface area contributed by atoms with E-state index in [1.807, 2.05) is 49.4 Å². The number of aryl methyl sites for hydroxylation is 2. The quantitative estimate of drug-likeness (QED) is 0.705. The first-order chi connectivity index (χ1) is 11.6. The molecule has 2 N–H and O–H groups in total. The van der Waals surface area contributed by atoms with Gasteiger partial charge in [-0.05, 0) is 37.7 Å². The van der Waals surface area contributed by atoms with Gasteiger partial charge in [-0.2, -0.15) is 4.98 Å². The zero-order chi connectivity index (χ0) is 16.9. The zero-order valence-corrected chi connectivity index (χ0v) is 14.4. The van der Waals surface area contributed by atoms with E-state index in [1.54, 1.807) is 0 Å². The highest BCUT2D eigenvalue weighted by molar-refractivity contribution is 7.80. The molecule has 0 amide bonds. The second-order valence-corrected chi connectivity index (χ2v) is 5.91. The van der Waals surface area contributed by atoms with Gasteiger partial charge in [-0.1, -0.05) is 53.2 Å². The summed E-state index contributed by atoms with van der Waals surface area (Å²) in [5.74, 6) is 1.05. The Bertz CT molecular complexity index is 845. The molecule has 0 unspecified atom stereocenters. The van der Waals surface area contributed by atoms with Crippen LogP contribution in [0.2, 0.25) is 0 Å². The highest BCUT2D eigenvalue weighted by atomic mass is 32.1. The van der Waals surface area contributed by atoms with E-state index in [0.29, 0.717) is 23.4 Å². The maximum absolute atomic E-state index is 5.32. The third-order valence-corrected chi connectivity index (χ3v) is 3.78. The fraction of sp³-hybridized carbons (Fsp3) is 0.167. The predicted molar refractivity (Wildman–Crippen MR) is 98.7 cm³/mol. The molecule has 5 nitrogen and oxygen atoms in total. The number of benzene rings is 2. The van der Waals surface area contributed by atoms with Gasteiger partial charge >= 0.3 is 0 Å². The molecule has 1 aromatic heterocycles. The fourth-order valence-corrected chi connectivity index (χ4v) is 2.49. The van der Waals surface area contributed by atoms with Crippen LogP contribution >= 0.6 is 12.2 Å². The third kappa shape index (κ3) is 3.97. The monoisotopic (exact) mass is 338 g/mol. The van der Waals surface area contributed by atoms with E-state index in [1.165, 1.54) is 5.56 Å². The highest BCUT2D eigenvalue weighted by Crippen LogP contribution is 2.16. The molecule has 0 saturated carbocycles. The Labute approximate surface area is 146 Å². The molecule has 0 spiro atoms. The van der Waals surface area contributed by atoms with Crippen molar-refractivity contribution in [2.75, 3.05) is 5.32 Å². The van der Waals surface area contributed by atoms with Gasteiger partial charge in [0.1, 0.15) is 0 Å². The van der Waals surface area contributed by atoms with E-state index in [-0.39, 0.29) is 0 Å². The zero-order valence-electron chi connectivity index (χ0n) is 13.5. The molecule has 122 valence electrons. The van der Waals surface area contributed by atoms with Gasteiger partial charge in [-0.3, -0.25) is 0 Å². The first kappa shape index (κ1) is 16.1. The van der Waals surface area contributed by atoms with Crippen LogP contribution in [-0.2, 0) is 6.54 Å². The molecular weight excluding hydrogens is 320 g/mol. The lowest BCUT2D eigenvalue weighted by Gasteiger charge is -2.11. The number of nitrogens with zero attached hydrogens (tertiary/aromatic N) is 2. The fourth-order valence-electron chi connectivity index (χ4n) is 2.31. The van der Waals surface area contributed by atoms with E-state index in [4.69, 9.17) is 16.7 Å². The Kier molecular flexibility index (Phi) is 4.86. The van der Waals surface area contributed by atoms with Crippen molar-refractivity contribution in [2.45, 2.75) is 20.4 Å². The Balaban J connectivity index is 1.58. The average Bonchev–Trinajstić information content (AvgIpc) is 3.05. The van der Waals surface area contributed by atoms with Crippen LogP contribution in [0.3, 0.4) is 0 Å². The summed E-state index contributed by atoms with van der Waals surface area (Å²) in [6, 6.07) is 15.9. The first-order valence-corrected chi connectivity index (χ1v) is 8.03. The standard InChI is InChI=1S/C18H18N4OS/c1-12-8-9-15(13(2)10-12)20-18(24)19-11-16-21-17(22-23-16)14-6-4-3-5-7-14/h3-10H,11H2,1-2H3,(H2,19,20,24). The number of rotatable bonds is 4. The average molecular weight is 338 g/mol. The molecule has 0 saturated heterocycles. The summed E-state index contributed by atoms with van der Waals surface area (Å²) in [4.78, 5) is 4.36. The lowest BCUT2D eigenvalue weighted by atomic mass is 10.1. The number of aromatic nitrogens is 2. The number of hydrogen-bond donors (Lipinski definition) is 2. The smallest absolute Gasteiger partial charge is 0.246 e. The summed E-state index contributed by atoms with van der Waals surface area (Å²) >= 11 is 5.32. The van der Waals surface area contributed by atoms with Crippen LogP contribution in [0.15, 0.2) is 53.1 Å². The van der Waals surface area contributed by atoms with E-state index >= 15 is 0 Å². The van der Waals surface area contributed by atoms with Gasteiger partial charge in [0.25, 0.3) is 0 Å². The predicted octanol–water partition coefficient (Wildman–Crippen LogP) is 3.84. The van der Waals surface area contributed by atoms with Gasteiger partial charge in [0.05, 0.1) is 6.54 Å². The van der Waals surface area contributed by atoms with E-state index in [9.17, 15) is 0 Å². The molecule has 0 aliphatic rings. The van der Waals surface area contributed by atoms with Crippen molar-refractivity contribution in [3.8, 4) is 11.4 Å². The summed E-state index contributed by atoms with van der Waals surface area (Å²) in [6.07, 6.45) is 0. The second kappa shape index (κ2) is 7.23. The van der Waals surface area contributed by atoms with Crippen LogP contribution in [0.5, 0.6) is 0 Å². The van der Waals surface area contributed by atoms with Crippen LogP contribution < -0.4 is 10.6 Å². The van der Waals surface area contributed by atoms with Crippen molar-refractivity contribution >= 4 is 23.0 Å². The topological polar surface area (TPSA) is 63.0 Å². The van der Waals surface area contributed by atoms with Crippen LogP contribution in [0.1, 0.15) is 17.0 Å². The van der Waals surface area contributed by atoms with Crippen LogP contribution in [0, 0.1) is 13.8 Å². The van der Waals surface area contributed by atoms with Gasteiger partial charge in [0.15, 0.2) is 5.11 Å². The summed E-state index contributed by atoms with van der Waals surface area (Å²) in [7, 11) is 0. The van der Waals surface area contributed by atoms with Crippen molar-refractivity contribution in [3.05, 3.63) is 65.5 Å². The van der Waals surface area contributed by atoms with Crippen molar-refractivity contribution in [1.82, 2.24) is 15.5 Å². The minimum absolute atomic E-state index is 0.372. The molecule has 0 aliphatic carbocycles. The van der Waals surface area contributed by atoms with Crippen molar-refractivity contribution in [2.24, 2.45) is 0 Å². The molecule has 0 aliphatic heterocycles. The molecule has 0 atom stereocenters. The van der Waals surface area contributed by atoms with Crippen molar-refractivity contribution in [1.29, 1.82) is 0 Å². The molecule has 3 aromatic rings. The summed E-state index contributed by atoms with van der Waals surface area (Å²) in [5, 5.41) is 10.8. The largest absolute Gasteiger partial charge is 0.353 e. The summed E-state index contributed by atoms with van der Waals surface area (Å²) < 4.78 is 5.25. The Morgan fingerprint density at radius 1 is 1.12 bits per heavy atom. The maximum atomic E-state index is 5.32. The molecule has 0 fully saturated rings. The van der Waals surface area contributed by atoms with Gasteiger partial charge in [-0.25, -0.2) is 0 Å². The Hall–Kier alpha value is -2.73. The second-order valence-electron chi connectivity index (χ2n) is 5.50.